The Morgan fingerprint density at radius 3 is 2.67 bits per heavy atom. The van der Waals surface area contributed by atoms with Crippen LogP contribution in [0.5, 0.6) is 5.75 Å². The molecule has 7 nitrogen and oxygen atoms in total. The lowest BCUT2D eigenvalue weighted by atomic mass is 9.99. The molecule has 8 heteroatoms. The quantitative estimate of drug-likeness (QED) is 0.283. The molecule has 1 atom stereocenters. The molecule has 0 radical (unpaired) electrons. The van der Waals surface area contributed by atoms with Crippen molar-refractivity contribution in [3.05, 3.63) is 59.7 Å². The predicted octanol–water partition coefficient (Wildman–Crippen LogP) is 3.87. The first kappa shape index (κ1) is 26.5. The summed E-state index contributed by atoms with van der Waals surface area (Å²) in [4.78, 5) is 17.5. The van der Waals surface area contributed by atoms with Gasteiger partial charge >= 0.3 is 5.97 Å². The van der Waals surface area contributed by atoms with E-state index in [2.05, 4.69) is 21.2 Å². The fourth-order valence-electron chi connectivity index (χ4n) is 4.91. The van der Waals surface area contributed by atoms with Crippen molar-refractivity contribution in [2.45, 2.75) is 36.9 Å². The number of anilines is 1. The van der Waals surface area contributed by atoms with Gasteiger partial charge in [-0.05, 0) is 68.8 Å². The lowest BCUT2D eigenvalue weighted by Crippen LogP contribution is -2.47. The topological polar surface area (TPSA) is 74.3 Å². The van der Waals surface area contributed by atoms with Gasteiger partial charge in [-0.1, -0.05) is 12.1 Å². The van der Waals surface area contributed by atoms with E-state index >= 15 is 0 Å². The molecule has 2 aliphatic heterocycles. The minimum absolute atomic E-state index is 0.288. The zero-order valence-corrected chi connectivity index (χ0v) is 22.2. The molecule has 1 fully saturated rings. The number of nitrogens with zero attached hydrogens (tertiary/aromatic N) is 2. The molecule has 0 aliphatic carbocycles. The normalized spacial score (nSPS) is 18.5. The number of piperidine rings is 1. The minimum atomic E-state index is -0.620. The maximum Gasteiger partial charge on any atom is 0.338 e. The summed E-state index contributed by atoms with van der Waals surface area (Å²) in [6.07, 6.45) is 3.52. The first-order chi connectivity index (χ1) is 17.5. The molecule has 2 heterocycles. The van der Waals surface area contributed by atoms with Gasteiger partial charge in [-0.3, -0.25) is 0 Å². The highest BCUT2D eigenvalue weighted by Gasteiger charge is 2.26. The molecule has 0 amide bonds. The standard InChI is InChI=1S/C28H37N3O4S/c1-20-18-27(32)31(25-19-22(34-2)8-9-23(20)25)16-15-30-13-10-21(11-14-30)29-12-17-36-26-7-5-4-6-24(26)28(33)35-3/h4-9,18-19,21,27,29,32H,10-17H2,1-3H3. The highest BCUT2D eigenvalue weighted by molar-refractivity contribution is 7.99. The summed E-state index contributed by atoms with van der Waals surface area (Å²) >= 11 is 1.68. The number of methoxy groups -OCH3 is 2. The van der Waals surface area contributed by atoms with E-state index in [0.717, 1.165) is 78.8 Å². The van der Waals surface area contributed by atoms with E-state index in [1.54, 1.807) is 18.9 Å². The molecule has 36 heavy (non-hydrogen) atoms. The number of allylic oxidation sites excluding steroid dienone is 1. The summed E-state index contributed by atoms with van der Waals surface area (Å²) in [7, 11) is 3.09. The van der Waals surface area contributed by atoms with Gasteiger partial charge < -0.3 is 29.7 Å². The van der Waals surface area contributed by atoms with Gasteiger partial charge in [0.2, 0.25) is 0 Å². The molecule has 2 aromatic carbocycles. The van der Waals surface area contributed by atoms with E-state index in [4.69, 9.17) is 9.47 Å². The van der Waals surface area contributed by atoms with E-state index in [-0.39, 0.29) is 5.97 Å². The van der Waals surface area contributed by atoms with E-state index < -0.39 is 6.23 Å². The Balaban J connectivity index is 1.20. The van der Waals surface area contributed by atoms with E-state index in [1.807, 2.05) is 49.4 Å². The van der Waals surface area contributed by atoms with E-state index in [0.29, 0.717) is 11.6 Å². The molecule has 2 N–H and O–H groups in total. The second-order valence-electron chi connectivity index (χ2n) is 9.25. The SMILES string of the molecule is COC(=O)c1ccccc1SCCNC1CCN(CCN2c3cc(OC)ccc3C(C)=CC2O)CC1. The number of aliphatic hydroxyl groups is 1. The predicted molar refractivity (Wildman–Crippen MR) is 146 cm³/mol. The highest BCUT2D eigenvalue weighted by atomic mass is 32.2. The molecule has 2 aliphatic rings. The number of thioether (sulfide) groups is 1. The third-order valence-corrected chi connectivity index (χ3v) is 8.06. The molecule has 1 unspecified atom stereocenters. The summed E-state index contributed by atoms with van der Waals surface area (Å²) in [5, 5.41) is 14.4. The van der Waals surface area contributed by atoms with Crippen LogP contribution in [0.4, 0.5) is 5.69 Å². The van der Waals surface area contributed by atoms with Crippen molar-refractivity contribution in [2.24, 2.45) is 0 Å². The van der Waals surface area contributed by atoms with Crippen LogP contribution in [0.3, 0.4) is 0 Å². The smallest absolute Gasteiger partial charge is 0.338 e. The Kier molecular flexibility index (Phi) is 9.31. The summed E-state index contributed by atoms with van der Waals surface area (Å²) in [5.74, 6) is 1.42. The Hall–Kier alpha value is -2.52. The van der Waals surface area contributed by atoms with Crippen LogP contribution < -0.4 is 15.0 Å². The van der Waals surface area contributed by atoms with Crippen LogP contribution in [-0.2, 0) is 4.74 Å². The van der Waals surface area contributed by atoms with Crippen molar-refractivity contribution in [1.82, 2.24) is 10.2 Å². The number of likely N-dealkylation sites (tertiary alicyclic amines) is 1. The average molecular weight is 512 g/mol. The monoisotopic (exact) mass is 511 g/mol. The van der Waals surface area contributed by atoms with Crippen LogP contribution in [0.25, 0.3) is 5.57 Å². The Labute approximate surface area is 218 Å². The van der Waals surface area contributed by atoms with Crippen LogP contribution in [0, 0.1) is 0 Å². The Bertz CT molecular complexity index is 1070. The van der Waals surface area contributed by atoms with Gasteiger partial charge in [0.1, 0.15) is 12.0 Å². The number of hydrogen-bond acceptors (Lipinski definition) is 8. The second kappa shape index (κ2) is 12.6. The number of benzene rings is 2. The van der Waals surface area contributed by atoms with Crippen LogP contribution in [0.2, 0.25) is 0 Å². The van der Waals surface area contributed by atoms with Crippen molar-refractivity contribution >= 4 is 29.0 Å². The third-order valence-electron chi connectivity index (χ3n) is 6.99. The third kappa shape index (κ3) is 6.42. The molecular weight excluding hydrogens is 474 g/mol. The molecule has 0 aromatic heterocycles. The molecular formula is C28H37N3O4S. The van der Waals surface area contributed by atoms with Gasteiger partial charge in [0.25, 0.3) is 0 Å². The number of fused-ring (bicyclic) bond motifs is 1. The summed E-state index contributed by atoms with van der Waals surface area (Å²) in [6, 6.07) is 14.2. The van der Waals surface area contributed by atoms with Crippen molar-refractivity contribution in [3.8, 4) is 5.75 Å². The summed E-state index contributed by atoms with van der Waals surface area (Å²) in [5.41, 5.74) is 3.90. The largest absolute Gasteiger partial charge is 0.497 e. The minimum Gasteiger partial charge on any atom is -0.497 e. The molecule has 0 spiro atoms. The summed E-state index contributed by atoms with van der Waals surface area (Å²) in [6.45, 7) is 6.70. The van der Waals surface area contributed by atoms with Gasteiger partial charge in [0.15, 0.2) is 0 Å². The first-order valence-electron chi connectivity index (χ1n) is 12.6. The van der Waals surface area contributed by atoms with Gasteiger partial charge in [-0.25, -0.2) is 4.79 Å². The maximum atomic E-state index is 11.9. The molecule has 4 rings (SSSR count). The zero-order valence-electron chi connectivity index (χ0n) is 21.4. The molecule has 2 aromatic rings. The lowest BCUT2D eigenvalue weighted by Gasteiger charge is -2.38. The van der Waals surface area contributed by atoms with Gasteiger partial charge in [-0.2, -0.15) is 0 Å². The number of nitrogens with one attached hydrogen (secondary N) is 1. The average Bonchev–Trinajstić information content (AvgIpc) is 2.91. The molecule has 0 bridgehead atoms. The first-order valence-corrected chi connectivity index (χ1v) is 13.6. The number of rotatable bonds is 10. The van der Waals surface area contributed by atoms with Crippen molar-refractivity contribution in [3.63, 3.8) is 0 Å². The van der Waals surface area contributed by atoms with Gasteiger partial charge in [-0.15, -0.1) is 11.8 Å². The van der Waals surface area contributed by atoms with E-state index in [1.165, 1.54) is 7.11 Å². The fourth-order valence-corrected chi connectivity index (χ4v) is 5.83. The van der Waals surface area contributed by atoms with Crippen LogP contribution >= 0.6 is 11.8 Å². The number of hydrogen-bond donors (Lipinski definition) is 2. The number of esters is 1. The Morgan fingerprint density at radius 1 is 1.14 bits per heavy atom. The number of ether oxygens (including phenoxy) is 2. The Morgan fingerprint density at radius 2 is 1.92 bits per heavy atom. The van der Waals surface area contributed by atoms with E-state index in [9.17, 15) is 9.90 Å². The lowest BCUT2D eigenvalue weighted by molar-refractivity contribution is 0.0596. The van der Waals surface area contributed by atoms with Gasteiger partial charge in [0.05, 0.1) is 25.5 Å². The maximum absolute atomic E-state index is 11.9. The van der Waals surface area contributed by atoms with Crippen molar-refractivity contribution in [1.29, 1.82) is 0 Å². The fraction of sp³-hybridized carbons (Fsp3) is 0.464. The van der Waals surface area contributed by atoms with Crippen molar-refractivity contribution in [2.75, 3.05) is 57.6 Å². The van der Waals surface area contributed by atoms with Crippen LogP contribution in [0.1, 0.15) is 35.7 Å². The van der Waals surface area contributed by atoms with Crippen LogP contribution in [-0.4, -0.2) is 80.9 Å². The molecule has 194 valence electrons. The molecule has 0 saturated carbocycles. The number of aliphatic hydroxyl groups excluding tert-OH is 1. The summed E-state index contributed by atoms with van der Waals surface area (Å²) < 4.78 is 10.3. The second-order valence-corrected chi connectivity index (χ2v) is 10.4. The number of carbonyl (C=O) groups excluding carboxylic acids is 1. The van der Waals surface area contributed by atoms with Gasteiger partial charge in [0, 0.05) is 48.0 Å². The van der Waals surface area contributed by atoms with Crippen molar-refractivity contribution < 1.29 is 19.4 Å². The number of carbonyl (C=O) groups is 1. The molecule has 1 saturated heterocycles. The van der Waals surface area contributed by atoms with Crippen LogP contribution in [0.15, 0.2) is 53.4 Å². The zero-order chi connectivity index (χ0) is 25.5. The highest BCUT2D eigenvalue weighted by Crippen LogP contribution is 2.36.